The van der Waals surface area contributed by atoms with Gasteiger partial charge in [0.2, 0.25) is 5.89 Å². The lowest BCUT2D eigenvalue weighted by Gasteiger charge is -2.32. The van der Waals surface area contributed by atoms with Crippen molar-refractivity contribution >= 4 is 33.0 Å². The molecule has 0 amide bonds. The third kappa shape index (κ3) is 3.74. The Labute approximate surface area is 143 Å². The molecule has 2 aromatic rings. The number of halogens is 1. The summed E-state index contributed by atoms with van der Waals surface area (Å²) in [5.41, 5.74) is 0. The molecule has 0 aliphatic carbocycles. The fourth-order valence-electron chi connectivity index (χ4n) is 2.38. The third-order valence-electron chi connectivity index (χ3n) is 3.66. The van der Waals surface area contributed by atoms with E-state index < -0.39 is 10.0 Å². The van der Waals surface area contributed by atoms with Gasteiger partial charge in [-0.05, 0) is 12.1 Å². The lowest BCUT2D eigenvalue weighted by Crippen LogP contribution is -2.48. The van der Waals surface area contributed by atoms with Crippen LogP contribution >= 0.6 is 22.9 Å². The molecule has 1 aliphatic heterocycles. The van der Waals surface area contributed by atoms with Gasteiger partial charge in [-0.2, -0.15) is 9.29 Å². The zero-order chi connectivity index (χ0) is 16.4. The van der Waals surface area contributed by atoms with Gasteiger partial charge >= 0.3 is 0 Å². The van der Waals surface area contributed by atoms with Crippen molar-refractivity contribution in [2.75, 3.05) is 26.2 Å². The van der Waals surface area contributed by atoms with E-state index in [-0.39, 0.29) is 0 Å². The molecule has 0 radical (unpaired) electrons. The molecule has 1 aliphatic rings. The quantitative estimate of drug-likeness (QED) is 0.792. The van der Waals surface area contributed by atoms with Crippen LogP contribution in [0.5, 0.6) is 0 Å². The number of aryl methyl sites for hydroxylation is 1. The van der Waals surface area contributed by atoms with Crippen molar-refractivity contribution in [3.8, 4) is 0 Å². The summed E-state index contributed by atoms with van der Waals surface area (Å²) in [6.07, 6.45) is 0.735. The van der Waals surface area contributed by atoms with Gasteiger partial charge in [-0.25, -0.2) is 8.42 Å². The summed E-state index contributed by atoms with van der Waals surface area (Å²) in [5, 5.41) is 3.87. The highest BCUT2D eigenvalue weighted by molar-refractivity contribution is 7.91. The van der Waals surface area contributed by atoms with Crippen LogP contribution in [0.25, 0.3) is 0 Å². The number of hydrogen-bond acceptors (Lipinski definition) is 7. The van der Waals surface area contributed by atoms with E-state index >= 15 is 0 Å². The number of piperazine rings is 1. The Morgan fingerprint density at radius 1 is 1.30 bits per heavy atom. The van der Waals surface area contributed by atoms with Crippen LogP contribution in [0.4, 0.5) is 0 Å². The summed E-state index contributed by atoms with van der Waals surface area (Å²) in [6, 6.07) is 3.16. The topological polar surface area (TPSA) is 79.5 Å². The summed E-state index contributed by atoms with van der Waals surface area (Å²) < 4.78 is 32.5. The second-order valence-corrected chi connectivity index (χ2v) is 9.08. The van der Waals surface area contributed by atoms with Crippen LogP contribution in [0.3, 0.4) is 0 Å². The number of nitrogens with zero attached hydrogens (tertiary/aromatic N) is 4. The van der Waals surface area contributed by atoms with Gasteiger partial charge < -0.3 is 4.52 Å². The minimum absolute atomic E-state index is 0.292. The van der Waals surface area contributed by atoms with E-state index in [1.54, 1.807) is 12.1 Å². The maximum Gasteiger partial charge on any atom is 0.252 e. The largest absolute Gasteiger partial charge is 0.338 e. The van der Waals surface area contributed by atoms with Crippen molar-refractivity contribution in [3.05, 3.63) is 28.2 Å². The molecule has 0 atom stereocenters. The molecule has 0 spiro atoms. The molecule has 2 aromatic heterocycles. The number of aromatic nitrogens is 2. The van der Waals surface area contributed by atoms with Crippen LogP contribution in [0.1, 0.15) is 18.6 Å². The van der Waals surface area contributed by atoms with E-state index in [0.29, 0.717) is 53.0 Å². The highest BCUT2D eigenvalue weighted by Crippen LogP contribution is 2.28. The molecule has 0 saturated carbocycles. The van der Waals surface area contributed by atoms with Crippen molar-refractivity contribution in [2.24, 2.45) is 0 Å². The SMILES string of the molecule is CCc1noc(CN2CCN(S(=O)(=O)c3ccc(Cl)s3)CC2)n1. The van der Waals surface area contributed by atoms with E-state index in [2.05, 4.69) is 15.0 Å². The highest BCUT2D eigenvalue weighted by Gasteiger charge is 2.30. The predicted molar refractivity (Wildman–Crippen MR) is 87.0 cm³/mol. The maximum absolute atomic E-state index is 12.5. The molecule has 7 nitrogen and oxygen atoms in total. The summed E-state index contributed by atoms with van der Waals surface area (Å²) in [5.74, 6) is 1.26. The fourth-order valence-corrected chi connectivity index (χ4v) is 5.44. The normalized spacial score (nSPS) is 17.7. The fraction of sp³-hybridized carbons (Fsp3) is 0.538. The molecule has 0 unspecified atom stereocenters. The van der Waals surface area contributed by atoms with Crippen LogP contribution in [0.15, 0.2) is 20.9 Å². The van der Waals surface area contributed by atoms with Crippen LogP contribution in [-0.4, -0.2) is 53.9 Å². The Hall–Kier alpha value is -1.00. The summed E-state index contributed by atoms with van der Waals surface area (Å²) in [4.78, 5) is 6.39. The molecule has 0 aromatic carbocycles. The predicted octanol–water partition coefficient (Wildman–Crippen LogP) is 1.85. The standard InChI is InChI=1S/C13H17ClN4O3S2/c1-2-11-15-12(21-16-11)9-17-5-7-18(8-6-17)23(19,20)13-4-3-10(14)22-13/h3-4H,2,5-9H2,1H3. The molecule has 126 valence electrons. The van der Waals surface area contributed by atoms with E-state index in [4.69, 9.17) is 16.1 Å². The Bertz CT molecular complexity index is 766. The van der Waals surface area contributed by atoms with Gasteiger partial charge in [0, 0.05) is 32.6 Å². The first-order valence-electron chi connectivity index (χ1n) is 7.28. The average molecular weight is 377 g/mol. The maximum atomic E-state index is 12.5. The van der Waals surface area contributed by atoms with E-state index in [1.807, 2.05) is 6.92 Å². The molecule has 1 saturated heterocycles. The van der Waals surface area contributed by atoms with Crippen LogP contribution in [-0.2, 0) is 23.0 Å². The number of rotatable bonds is 5. The first-order valence-corrected chi connectivity index (χ1v) is 9.92. The van der Waals surface area contributed by atoms with Gasteiger partial charge in [0.1, 0.15) is 4.21 Å². The first kappa shape index (κ1) is 16.8. The molecule has 1 fully saturated rings. The number of hydrogen-bond donors (Lipinski definition) is 0. The summed E-state index contributed by atoms with van der Waals surface area (Å²) >= 11 is 6.92. The first-order chi connectivity index (χ1) is 11.0. The van der Waals surface area contributed by atoms with Gasteiger partial charge in [-0.15, -0.1) is 11.3 Å². The van der Waals surface area contributed by atoms with Crippen molar-refractivity contribution in [1.82, 2.24) is 19.3 Å². The van der Waals surface area contributed by atoms with Crippen LogP contribution in [0, 0.1) is 0 Å². The molecule has 3 heterocycles. The zero-order valence-corrected chi connectivity index (χ0v) is 15.0. The highest BCUT2D eigenvalue weighted by atomic mass is 35.5. The van der Waals surface area contributed by atoms with E-state index in [1.165, 1.54) is 4.31 Å². The molecule has 0 N–H and O–H groups in total. The Morgan fingerprint density at radius 3 is 2.61 bits per heavy atom. The van der Waals surface area contributed by atoms with Gasteiger partial charge in [0.25, 0.3) is 10.0 Å². The van der Waals surface area contributed by atoms with Gasteiger partial charge in [-0.1, -0.05) is 23.7 Å². The molecule has 0 bridgehead atoms. The minimum Gasteiger partial charge on any atom is -0.338 e. The number of thiophene rings is 1. The second kappa shape index (κ2) is 6.86. The van der Waals surface area contributed by atoms with Gasteiger partial charge in [-0.3, -0.25) is 4.90 Å². The lowest BCUT2D eigenvalue weighted by molar-refractivity contribution is 0.163. The van der Waals surface area contributed by atoms with Crippen LogP contribution < -0.4 is 0 Å². The van der Waals surface area contributed by atoms with E-state index in [0.717, 1.165) is 17.8 Å². The van der Waals surface area contributed by atoms with Crippen molar-refractivity contribution in [1.29, 1.82) is 0 Å². The van der Waals surface area contributed by atoms with Crippen LogP contribution in [0.2, 0.25) is 4.34 Å². The Morgan fingerprint density at radius 2 is 2.04 bits per heavy atom. The van der Waals surface area contributed by atoms with Crippen molar-refractivity contribution < 1.29 is 12.9 Å². The monoisotopic (exact) mass is 376 g/mol. The van der Waals surface area contributed by atoms with Gasteiger partial charge in [0.15, 0.2) is 5.82 Å². The molecular weight excluding hydrogens is 360 g/mol. The van der Waals surface area contributed by atoms with E-state index in [9.17, 15) is 8.42 Å². The molecule has 3 rings (SSSR count). The van der Waals surface area contributed by atoms with Crippen molar-refractivity contribution in [2.45, 2.75) is 24.1 Å². The summed E-state index contributed by atoms with van der Waals surface area (Å²) in [7, 11) is -3.45. The third-order valence-corrected chi connectivity index (χ3v) is 7.26. The minimum atomic E-state index is -3.45. The lowest BCUT2D eigenvalue weighted by atomic mass is 10.3. The average Bonchev–Trinajstić information content (AvgIpc) is 3.17. The Kier molecular flexibility index (Phi) is 5.02. The number of sulfonamides is 1. The smallest absolute Gasteiger partial charge is 0.252 e. The van der Waals surface area contributed by atoms with Crippen molar-refractivity contribution in [3.63, 3.8) is 0 Å². The van der Waals surface area contributed by atoms with Gasteiger partial charge in [0.05, 0.1) is 10.9 Å². The molecule has 10 heteroatoms. The Balaban J connectivity index is 1.59. The zero-order valence-electron chi connectivity index (χ0n) is 12.6. The second-order valence-electron chi connectivity index (χ2n) is 5.20. The molecule has 23 heavy (non-hydrogen) atoms. The summed E-state index contributed by atoms with van der Waals surface area (Å²) in [6.45, 7) is 4.64. The molecular formula is C13H17ClN4O3S2.